The Hall–Kier alpha value is -0.860. The van der Waals surface area contributed by atoms with Gasteiger partial charge in [-0.25, -0.2) is 0 Å². The number of carbonyl (C=O) groups is 2. The number of Topliss-reactive ketones (excluding diaryl/α,β-unsaturated/α-hetero) is 1. The van der Waals surface area contributed by atoms with E-state index in [9.17, 15) is 9.59 Å². The van der Waals surface area contributed by atoms with E-state index in [2.05, 4.69) is 13.8 Å². The monoisotopic (exact) mass is 257 g/mol. The molecule has 0 fully saturated rings. The van der Waals surface area contributed by atoms with E-state index in [-0.39, 0.29) is 11.7 Å². The van der Waals surface area contributed by atoms with Gasteiger partial charge in [0.2, 0.25) is 5.91 Å². The number of nitrogens with zero attached hydrogens (tertiary/aromatic N) is 1. The van der Waals surface area contributed by atoms with Crippen molar-refractivity contribution in [3.8, 4) is 0 Å². The van der Waals surface area contributed by atoms with Gasteiger partial charge in [0.05, 0.1) is 0 Å². The SMILES string of the molecule is CC.CC(=O)CCCC(=O)N(C)CCCC(C)C. The van der Waals surface area contributed by atoms with Crippen molar-refractivity contribution in [2.75, 3.05) is 13.6 Å². The Morgan fingerprint density at radius 2 is 1.61 bits per heavy atom. The summed E-state index contributed by atoms with van der Waals surface area (Å²) in [6, 6.07) is 0. The van der Waals surface area contributed by atoms with Crippen LogP contribution in [-0.2, 0) is 9.59 Å². The minimum Gasteiger partial charge on any atom is -0.346 e. The van der Waals surface area contributed by atoms with E-state index in [0.29, 0.717) is 25.2 Å². The Bertz CT molecular complexity index is 225. The number of amides is 1. The summed E-state index contributed by atoms with van der Waals surface area (Å²) in [6.07, 6.45) is 3.92. The molecule has 0 saturated carbocycles. The standard InChI is InChI=1S/C13H25NO2.C2H6/c1-11(2)7-6-10-14(4)13(16)9-5-8-12(3)15;1-2/h11H,5-10H2,1-4H3;1-2H3. The molecule has 0 saturated heterocycles. The van der Waals surface area contributed by atoms with Crippen LogP contribution in [0.1, 0.15) is 66.7 Å². The molecular weight excluding hydrogens is 226 g/mol. The van der Waals surface area contributed by atoms with E-state index in [0.717, 1.165) is 19.4 Å². The number of hydrogen-bond acceptors (Lipinski definition) is 2. The van der Waals surface area contributed by atoms with Crippen LogP contribution in [0, 0.1) is 5.92 Å². The van der Waals surface area contributed by atoms with Gasteiger partial charge in [-0.05, 0) is 32.1 Å². The lowest BCUT2D eigenvalue weighted by molar-refractivity contribution is -0.130. The molecule has 108 valence electrons. The van der Waals surface area contributed by atoms with Crippen molar-refractivity contribution in [2.45, 2.75) is 66.7 Å². The Morgan fingerprint density at radius 3 is 2.06 bits per heavy atom. The molecule has 0 atom stereocenters. The Balaban J connectivity index is 0. The molecule has 0 aromatic carbocycles. The average Bonchev–Trinajstić information content (AvgIpc) is 2.30. The van der Waals surface area contributed by atoms with Crippen LogP contribution in [0.2, 0.25) is 0 Å². The van der Waals surface area contributed by atoms with Crippen molar-refractivity contribution in [3.05, 3.63) is 0 Å². The van der Waals surface area contributed by atoms with Gasteiger partial charge in [-0.1, -0.05) is 27.7 Å². The number of rotatable bonds is 8. The minimum atomic E-state index is 0.157. The highest BCUT2D eigenvalue weighted by Crippen LogP contribution is 2.06. The first-order valence-corrected chi connectivity index (χ1v) is 7.17. The molecule has 0 aliphatic rings. The smallest absolute Gasteiger partial charge is 0.222 e. The molecule has 18 heavy (non-hydrogen) atoms. The zero-order chi connectivity index (χ0) is 14.6. The molecule has 0 rings (SSSR count). The van der Waals surface area contributed by atoms with Crippen molar-refractivity contribution in [1.82, 2.24) is 4.90 Å². The fourth-order valence-electron chi connectivity index (χ4n) is 1.54. The second kappa shape index (κ2) is 12.6. The maximum atomic E-state index is 11.6. The highest BCUT2D eigenvalue weighted by atomic mass is 16.2. The maximum absolute atomic E-state index is 11.6. The molecule has 1 amide bonds. The first kappa shape index (κ1) is 19.5. The summed E-state index contributed by atoms with van der Waals surface area (Å²) in [6.45, 7) is 10.8. The van der Waals surface area contributed by atoms with Gasteiger partial charge in [0, 0.05) is 26.4 Å². The summed E-state index contributed by atoms with van der Waals surface area (Å²) in [5, 5.41) is 0. The lowest BCUT2D eigenvalue weighted by Crippen LogP contribution is -2.27. The normalized spacial score (nSPS) is 9.72. The average molecular weight is 257 g/mol. The second-order valence-electron chi connectivity index (χ2n) is 4.91. The molecule has 0 spiro atoms. The predicted molar refractivity (Wildman–Crippen MR) is 77.6 cm³/mol. The molecule has 0 radical (unpaired) electrons. The third-order valence-corrected chi connectivity index (χ3v) is 2.62. The van der Waals surface area contributed by atoms with E-state index >= 15 is 0 Å². The molecule has 0 aliphatic heterocycles. The molecule has 0 N–H and O–H groups in total. The van der Waals surface area contributed by atoms with Crippen molar-refractivity contribution in [3.63, 3.8) is 0 Å². The van der Waals surface area contributed by atoms with Gasteiger partial charge in [0.25, 0.3) is 0 Å². The Labute approximate surface area is 113 Å². The van der Waals surface area contributed by atoms with Crippen LogP contribution < -0.4 is 0 Å². The molecule has 0 heterocycles. The van der Waals surface area contributed by atoms with Crippen LogP contribution in [0.15, 0.2) is 0 Å². The lowest BCUT2D eigenvalue weighted by atomic mass is 10.1. The van der Waals surface area contributed by atoms with E-state index in [1.165, 1.54) is 0 Å². The first-order chi connectivity index (χ1) is 8.43. The zero-order valence-electron chi connectivity index (χ0n) is 13.1. The molecule has 0 aromatic rings. The molecule has 3 heteroatoms. The van der Waals surface area contributed by atoms with Crippen LogP contribution in [0.5, 0.6) is 0 Å². The first-order valence-electron chi connectivity index (χ1n) is 7.17. The fourth-order valence-corrected chi connectivity index (χ4v) is 1.54. The van der Waals surface area contributed by atoms with E-state index in [1.54, 1.807) is 11.8 Å². The largest absolute Gasteiger partial charge is 0.346 e. The summed E-state index contributed by atoms with van der Waals surface area (Å²) < 4.78 is 0. The van der Waals surface area contributed by atoms with Crippen LogP contribution >= 0.6 is 0 Å². The minimum absolute atomic E-state index is 0.157. The van der Waals surface area contributed by atoms with Gasteiger partial charge < -0.3 is 9.69 Å². The molecule has 0 aromatic heterocycles. The second-order valence-corrected chi connectivity index (χ2v) is 4.91. The van der Waals surface area contributed by atoms with Gasteiger partial charge in [0.1, 0.15) is 5.78 Å². The fraction of sp³-hybridized carbons (Fsp3) is 0.867. The van der Waals surface area contributed by atoms with Crippen LogP contribution in [0.4, 0.5) is 0 Å². The van der Waals surface area contributed by atoms with E-state index in [1.807, 2.05) is 20.9 Å². The third kappa shape index (κ3) is 13.2. The van der Waals surface area contributed by atoms with Gasteiger partial charge >= 0.3 is 0 Å². The summed E-state index contributed by atoms with van der Waals surface area (Å²) in [4.78, 5) is 24.1. The highest BCUT2D eigenvalue weighted by Gasteiger charge is 2.08. The number of carbonyl (C=O) groups excluding carboxylic acids is 2. The molecule has 0 bridgehead atoms. The van der Waals surface area contributed by atoms with E-state index in [4.69, 9.17) is 0 Å². The zero-order valence-corrected chi connectivity index (χ0v) is 13.1. The van der Waals surface area contributed by atoms with Crippen molar-refractivity contribution in [1.29, 1.82) is 0 Å². The molecule has 0 unspecified atom stereocenters. The van der Waals surface area contributed by atoms with Crippen LogP contribution in [0.25, 0.3) is 0 Å². The Morgan fingerprint density at radius 1 is 1.06 bits per heavy atom. The van der Waals surface area contributed by atoms with Crippen LogP contribution in [-0.4, -0.2) is 30.2 Å². The maximum Gasteiger partial charge on any atom is 0.222 e. The molecular formula is C15H31NO2. The van der Waals surface area contributed by atoms with Gasteiger partial charge in [0.15, 0.2) is 0 Å². The van der Waals surface area contributed by atoms with Crippen molar-refractivity contribution in [2.24, 2.45) is 5.92 Å². The van der Waals surface area contributed by atoms with E-state index < -0.39 is 0 Å². The Kier molecular flexibility index (Phi) is 13.6. The predicted octanol–water partition coefficient (Wildman–Crippen LogP) is 3.67. The topological polar surface area (TPSA) is 37.4 Å². The summed E-state index contributed by atoms with van der Waals surface area (Å²) in [5.41, 5.74) is 0. The summed E-state index contributed by atoms with van der Waals surface area (Å²) in [7, 11) is 1.84. The highest BCUT2D eigenvalue weighted by molar-refractivity contribution is 5.78. The number of ketones is 1. The van der Waals surface area contributed by atoms with Crippen molar-refractivity contribution < 1.29 is 9.59 Å². The van der Waals surface area contributed by atoms with Crippen LogP contribution in [0.3, 0.4) is 0 Å². The van der Waals surface area contributed by atoms with Gasteiger partial charge in [-0.15, -0.1) is 0 Å². The molecule has 0 aliphatic carbocycles. The third-order valence-electron chi connectivity index (χ3n) is 2.62. The lowest BCUT2D eigenvalue weighted by Gasteiger charge is -2.17. The molecule has 3 nitrogen and oxygen atoms in total. The number of hydrogen-bond donors (Lipinski definition) is 0. The summed E-state index contributed by atoms with van der Waals surface area (Å²) in [5.74, 6) is 1.02. The van der Waals surface area contributed by atoms with Gasteiger partial charge in [-0.3, -0.25) is 4.79 Å². The summed E-state index contributed by atoms with van der Waals surface area (Å²) >= 11 is 0. The quantitative estimate of drug-likeness (QED) is 0.665. The van der Waals surface area contributed by atoms with Gasteiger partial charge in [-0.2, -0.15) is 0 Å². The van der Waals surface area contributed by atoms with Crippen molar-refractivity contribution >= 4 is 11.7 Å².